The molecule has 1 unspecified atom stereocenters. The molecule has 4 heteroatoms. The highest BCUT2D eigenvalue weighted by Crippen LogP contribution is 2.43. The highest BCUT2D eigenvalue weighted by Gasteiger charge is 2.21. The van der Waals surface area contributed by atoms with Gasteiger partial charge in [-0.25, -0.2) is 15.0 Å². The predicted octanol–water partition coefficient (Wildman–Crippen LogP) is 13.3. The minimum atomic E-state index is 0.476. The fraction of sp³-hybridized carbons (Fsp3) is 0.0577. The van der Waals surface area contributed by atoms with E-state index in [1.165, 1.54) is 49.6 Å². The number of nitrogens with zero attached hydrogens (tertiary/aromatic N) is 4. The van der Waals surface area contributed by atoms with Crippen molar-refractivity contribution in [2.45, 2.75) is 13.3 Å². The molecule has 10 rings (SSSR count). The molecule has 266 valence electrons. The van der Waals surface area contributed by atoms with Gasteiger partial charge >= 0.3 is 0 Å². The third-order valence-electron chi connectivity index (χ3n) is 10.7. The van der Waals surface area contributed by atoms with Crippen LogP contribution in [0.25, 0.3) is 89.5 Å². The van der Waals surface area contributed by atoms with Crippen LogP contribution in [0, 0.1) is 5.92 Å². The van der Waals surface area contributed by atoms with Gasteiger partial charge in [0.1, 0.15) is 0 Å². The van der Waals surface area contributed by atoms with Crippen molar-refractivity contribution in [3.63, 3.8) is 0 Å². The van der Waals surface area contributed by atoms with Gasteiger partial charge in [-0.15, -0.1) is 0 Å². The Morgan fingerprint density at radius 2 is 0.982 bits per heavy atom. The average Bonchev–Trinajstić information content (AvgIpc) is 3.61. The van der Waals surface area contributed by atoms with Crippen LogP contribution >= 0.6 is 0 Å². The first-order valence-electron chi connectivity index (χ1n) is 19.3. The Hall–Kier alpha value is -7.17. The van der Waals surface area contributed by atoms with Gasteiger partial charge in [-0.1, -0.05) is 165 Å². The lowest BCUT2D eigenvalue weighted by atomic mass is 9.89. The van der Waals surface area contributed by atoms with Crippen molar-refractivity contribution >= 4 is 27.4 Å². The average molecular weight is 719 g/mol. The van der Waals surface area contributed by atoms with E-state index >= 15 is 0 Å². The molecule has 9 aromatic rings. The Morgan fingerprint density at radius 1 is 0.464 bits per heavy atom. The zero-order valence-corrected chi connectivity index (χ0v) is 31.0. The van der Waals surface area contributed by atoms with E-state index < -0.39 is 0 Å². The monoisotopic (exact) mass is 718 g/mol. The van der Waals surface area contributed by atoms with Crippen molar-refractivity contribution in [2.75, 3.05) is 0 Å². The molecule has 1 aliphatic rings. The van der Waals surface area contributed by atoms with E-state index in [1.54, 1.807) is 0 Å². The zero-order valence-electron chi connectivity index (χ0n) is 31.0. The molecule has 0 amide bonds. The number of benzene rings is 7. The largest absolute Gasteiger partial charge is 0.309 e. The van der Waals surface area contributed by atoms with Gasteiger partial charge in [-0.05, 0) is 82.1 Å². The molecule has 0 N–H and O–H groups in total. The van der Waals surface area contributed by atoms with Crippen molar-refractivity contribution < 1.29 is 0 Å². The number of rotatable bonds is 7. The van der Waals surface area contributed by atoms with Gasteiger partial charge in [0.05, 0.1) is 11.0 Å². The second-order valence-electron chi connectivity index (χ2n) is 14.5. The standard InChI is InChI=1S/C52H38N4/c1-35-15-14-22-41(31-35)43-33-45(49-46-32-42(36-16-6-2-7-17-36)29-30-47(46)56(48(49)34-43)44-23-12-5-13-24-44)37-25-27-40(28-26-37)52-54-50(38-18-8-3-9-19-38)53-51(55-52)39-20-10-4-11-21-39/h2-14,16-35H,15H2,1H3. The Morgan fingerprint density at radius 3 is 1.57 bits per heavy atom. The lowest BCUT2D eigenvalue weighted by Gasteiger charge is -2.16. The number of para-hydroxylation sites is 1. The molecule has 7 aromatic carbocycles. The second kappa shape index (κ2) is 14.2. The van der Waals surface area contributed by atoms with Gasteiger partial charge in [0, 0.05) is 33.2 Å². The molecule has 2 heterocycles. The topological polar surface area (TPSA) is 43.6 Å². The van der Waals surface area contributed by atoms with Crippen LogP contribution in [0.1, 0.15) is 18.9 Å². The third kappa shape index (κ3) is 6.21. The lowest BCUT2D eigenvalue weighted by Crippen LogP contribution is -2.00. The van der Waals surface area contributed by atoms with E-state index in [1.807, 2.05) is 60.7 Å². The maximum atomic E-state index is 5.01. The normalized spacial score (nSPS) is 13.9. The molecule has 4 nitrogen and oxygen atoms in total. The quantitative estimate of drug-likeness (QED) is 0.165. The number of hydrogen-bond acceptors (Lipinski definition) is 3. The number of hydrogen-bond donors (Lipinski definition) is 0. The maximum Gasteiger partial charge on any atom is 0.164 e. The number of allylic oxidation sites excluding steroid dienone is 4. The van der Waals surface area contributed by atoms with Crippen molar-refractivity contribution in [1.29, 1.82) is 0 Å². The molecule has 1 atom stereocenters. The van der Waals surface area contributed by atoms with E-state index in [0.717, 1.165) is 34.4 Å². The van der Waals surface area contributed by atoms with Crippen LogP contribution < -0.4 is 0 Å². The number of aromatic nitrogens is 4. The molecule has 0 aliphatic heterocycles. The van der Waals surface area contributed by atoms with Crippen LogP contribution in [0.2, 0.25) is 0 Å². The highest BCUT2D eigenvalue weighted by atomic mass is 15.0. The molecule has 2 aromatic heterocycles. The van der Waals surface area contributed by atoms with E-state index in [2.05, 4.69) is 145 Å². The first-order chi connectivity index (χ1) is 27.7. The van der Waals surface area contributed by atoms with Crippen molar-refractivity contribution in [1.82, 2.24) is 19.5 Å². The smallest absolute Gasteiger partial charge is 0.164 e. The molecular formula is C52H38N4. The van der Waals surface area contributed by atoms with Crippen LogP contribution in [0.4, 0.5) is 0 Å². The fourth-order valence-electron chi connectivity index (χ4n) is 7.98. The van der Waals surface area contributed by atoms with Gasteiger partial charge in [0.25, 0.3) is 0 Å². The Bertz CT molecular complexity index is 2850. The molecule has 0 bridgehead atoms. The summed E-state index contributed by atoms with van der Waals surface area (Å²) in [7, 11) is 0. The summed E-state index contributed by atoms with van der Waals surface area (Å²) in [6.45, 7) is 2.29. The van der Waals surface area contributed by atoms with Gasteiger partial charge in [0.2, 0.25) is 0 Å². The summed E-state index contributed by atoms with van der Waals surface area (Å²) in [6.07, 6.45) is 8.06. The van der Waals surface area contributed by atoms with Crippen molar-refractivity contribution in [2.24, 2.45) is 5.92 Å². The molecule has 0 spiro atoms. The van der Waals surface area contributed by atoms with Gasteiger partial charge in [0.15, 0.2) is 17.5 Å². The van der Waals surface area contributed by atoms with E-state index in [0.29, 0.717) is 23.4 Å². The molecule has 0 radical (unpaired) electrons. The van der Waals surface area contributed by atoms with Crippen LogP contribution in [0.15, 0.2) is 194 Å². The van der Waals surface area contributed by atoms with Crippen LogP contribution in [0.3, 0.4) is 0 Å². The minimum absolute atomic E-state index is 0.476. The van der Waals surface area contributed by atoms with Crippen molar-refractivity contribution in [3.8, 4) is 62.1 Å². The molecule has 56 heavy (non-hydrogen) atoms. The molecule has 0 saturated heterocycles. The number of fused-ring (bicyclic) bond motifs is 3. The van der Waals surface area contributed by atoms with Gasteiger partial charge < -0.3 is 4.57 Å². The maximum absolute atomic E-state index is 5.01. The van der Waals surface area contributed by atoms with Crippen LogP contribution in [0.5, 0.6) is 0 Å². The summed E-state index contributed by atoms with van der Waals surface area (Å²) in [5.41, 5.74) is 13.5. The van der Waals surface area contributed by atoms with Gasteiger partial charge in [-0.2, -0.15) is 0 Å². The fourth-order valence-corrected chi connectivity index (χ4v) is 7.98. The zero-order chi connectivity index (χ0) is 37.4. The van der Waals surface area contributed by atoms with E-state index in [-0.39, 0.29) is 0 Å². The van der Waals surface area contributed by atoms with E-state index in [4.69, 9.17) is 15.0 Å². The summed E-state index contributed by atoms with van der Waals surface area (Å²) in [5.74, 6) is 2.42. The summed E-state index contributed by atoms with van der Waals surface area (Å²) in [5, 5.41) is 2.44. The minimum Gasteiger partial charge on any atom is -0.309 e. The lowest BCUT2D eigenvalue weighted by molar-refractivity contribution is 0.740. The molecular weight excluding hydrogens is 681 g/mol. The Kier molecular flexibility index (Phi) is 8.49. The highest BCUT2D eigenvalue weighted by molar-refractivity contribution is 6.17. The SMILES string of the molecule is CC1C=C(c2cc(-c3ccc(-c4nc(-c5ccccc5)nc(-c5ccccc5)n4)cc3)c3c4cc(-c5ccccc5)ccc4n(-c4ccccc4)c3c2)C=CC1. The predicted molar refractivity (Wildman–Crippen MR) is 232 cm³/mol. The summed E-state index contributed by atoms with van der Waals surface area (Å²) >= 11 is 0. The van der Waals surface area contributed by atoms with Crippen molar-refractivity contribution in [3.05, 3.63) is 200 Å². The Labute approximate surface area is 326 Å². The third-order valence-corrected chi connectivity index (χ3v) is 10.7. The summed E-state index contributed by atoms with van der Waals surface area (Å²) in [6, 6.07) is 62.1. The van der Waals surface area contributed by atoms with E-state index in [9.17, 15) is 0 Å². The summed E-state index contributed by atoms with van der Waals surface area (Å²) < 4.78 is 2.43. The van der Waals surface area contributed by atoms with Crippen LogP contribution in [-0.4, -0.2) is 19.5 Å². The second-order valence-corrected chi connectivity index (χ2v) is 14.5. The molecule has 1 aliphatic carbocycles. The molecule has 0 saturated carbocycles. The summed E-state index contributed by atoms with van der Waals surface area (Å²) in [4.78, 5) is 14.9. The first-order valence-corrected chi connectivity index (χ1v) is 19.3. The van der Waals surface area contributed by atoms with Crippen LogP contribution in [-0.2, 0) is 0 Å². The first kappa shape index (κ1) is 33.4. The van der Waals surface area contributed by atoms with Gasteiger partial charge in [-0.3, -0.25) is 0 Å². The Balaban J connectivity index is 1.19. The molecule has 0 fully saturated rings.